The van der Waals surface area contributed by atoms with Crippen molar-refractivity contribution in [3.05, 3.63) is 164 Å². The summed E-state index contributed by atoms with van der Waals surface area (Å²) in [6, 6.07) is 59.5. The zero-order valence-electron chi connectivity index (χ0n) is 22.9. The molecule has 0 N–H and O–H groups in total. The number of nitrogens with zero attached hydrogens (tertiary/aromatic N) is 1. The molecule has 0 aliphatic rings. The van der Waals surface area contributed by atoms with E-state index in [0.717, 1.165) is 5.69 Å². The molecule has 0 spiro atoms. The Morgan fingerprint density at radius 2 is 1.05 bits per heavy atom. The first-order valence-electron chi connectivity index (χ1n) is 14.3. The van der Waals surface area contributed by atoms with Crippen molar-refractivity contribution in [3.63, 3.8) is 0 Å². The van der Waals surface area contributed by atoms with Crippen LogP contribution in [0.3, 0.4) is 0 Å². The Bertz CT molecular complexity index is 2180. The molecule has 7 aromatic carbocycles. The van der Waals surface area contributed by atoms with Crippen LogP contribution in [0.2, 0.25) is 0 Å². The third-order valence-corrected chi connectivity index (χ3v) is 10.6. The van der Waals surface area contributed by atoms with E-state index in [1.54, 1.807) is 0 Å². The normalized spacial score (nSPS) is 11.3. The van der Waals surface area contributed by atoms with Crippen molar-refractivity contribution >= 4 is 61.6 Å². The van der Waals surface area contributed by atoms with E-state index in [9.17, 15) is 0 Å². The van der Waals surface area contributed by atoms with Gasteiger partial charge in [0, 0.05) is 0 Å². The number of rotatable bonds is 5. The van der Waals surface area contributed by atoms with Gasteiger partial charge >= 0.3 is 247 Å². The predicted octanol–water partition coefficient (Wildman–Crippen LogP) is 11.0. The van der Waals surface area contributed by atoms with Crippen molar-refractivity contribution in [2.75, 3.05) is 4.90 Å². The van der Waals surface area contributed by atoms with E-state index in [2.05, 4.69) is 169 Å². The molecular formula is C40H27NSe. The van der Waals surface area contributed by atoms with Crippen LogP contribution in [0.4, 0.5) is 17.1 Å². The first kappa shape index (κ1) is 24.9. The molecule has 8 aromatic rings. The summed E-state index contributed by atoms with van der Waals surface area (Å²) < 4.78 is 2.95. The summed E-state index contributed by atoms with van der Waals surface area (Å²) in [6.07, 6.45) is 0. The van der Waals surface area contributed by atoms with E-state index < -0.39 is 0 Å². The van der Waals surface area contributed by atoms with E-state index in [-0.39, 0.29) is 14.5 Å². The molecule has 1 nitrogen and oxygen atoms in total. The van der Waals surface area contributed by atoms with E-state index in [1.165, 1.54) is 63.7 Å². The summed E-state index contributed by atoms with van der Waals surface area (Å²) in [6.45, 7) is 0. The number of anilines is 3. The van der Waals surface area contributed by atoms with E-state index in [1.807, 2.05) is 0 Å². The van der Waals surface area contributed by atoms with E-state index in [4.69, 9.17) is 0 Å². The van der Waals surface area contributed by atoms with Gasteiger partial charge in [-0.3, -0.25) is 0 Å². The van der Waals surface area contributed by atoms with Crippen LogP contribution in [0.25, 0.3) is 52.3 Å². The Hall–Kier alpha value is -4.88. The summed E-state index contributed by atoms with van der Waals surface area (Å²) in [5.41, 5.74) is 8.33. The molecule has 0 atom stereocenters. The third kappa shape index (κ3) is 4.33. The van der Waals surface area contributed by atoms with E-state index in [0.29, 0.717) is 0 Å². The van der Waals surface area contributed by atoms with Gasteiger partial charge in [-0.15, -0.1) is 0 Å². The monoisotopic (exact) mass is 601 g/mol. The van der Waals surface area contributed by atoms with Crippen LogP contribution in [0.5, 0.6) is 0 Å². The van der Waals surface area contributed by atoms with Gasteiger partial charge in [-0.2, -0.15) is 0 Å². The number of para-hydroxylation sites is 1. The van der Waals surface area contributed by atoms with Gasteiger partial charge in [-0.1, -0.05) is 6.07 Å². The molecule has 0 aliphatic heterocycles. The number of benzene rings is 7. The summed E-state index contributed by atoms with van der Waals surface area (Å²) in [4.78, 5) is 2.42. The number of hydrogen-bond acceptors (Lipinski definition) is 1. The molecule has 198 valence electrons. The molecule has 1 heterocycles. The molecule has 0 saturated carbocycles. The van der Waals surface area contributed by atoms with Crippen molar-refractivity contribution in [3.8, 4) is 22.3 Å². The maximum absolute atomic E-state index is 2.42. The van der Waals surface area contributed by atoms with Crippen molar-refractivity contribution in [2.45, 2.75) is 0 Å². The molecule has 0 radical (unpaired) electrons. The fourth-order valence-corrected chi connectivity index (χ4v) is 8.58. The van der Waals surface area contributed by atoms with Crippen LogP contribution in [0.15, 0.2) is 164 Å². The Balaban J connectivity index is 1.34. The van der Waals surface area contributed by atoms with Gasteiger partial charge in [0.1, 0.15) is 0 Å². The van der Waals surface area contributed by atoms with Crippen molar-refractivity contribution in [1.29, 1.82) is 0 Å². The molecule has 0 fully saturated rings. The minimum atomic E-state index is 0.286. The van der Waals surface area contributed by atoms with Crippen molar-refractivity contribution in [1.82, 2.24) is 0 Å². The second kappa shape index (κ2) is 10.5. The average Bonchev–Trinajstić information content (AvgIpc) is 3.45. The van der Waals surface area contributed by atoms with Crippen LogP contribution < -0.4 is 4.90 Å². The molecular weight excluding hydrogens is 573 g/mol. The van der Waals surface area contributed by atoms with Crippen molar-refractivity contribution in [2.24, 2.45) is 0 Å². The number of fused-ring (bicyclic) bond motifs is 5. The Kier molecular flexibility index (Phi) is 6.22. The van der Waals surface area contributed by atoms with Crippen LogP contribution in [-0.2, 0) is 0 Å². The molecule has 0 amide bonds. The van der Waals surface area contributed by atoms with Crippen LogP contribution in [-0.4, -0.2) is 14.5 Å². The Morgan fingerprint density at radius 1 is 0.405 bits per heavy atom. The van der Waals surface area contributed by atoms with Gasteiger partial charge in [0.25, 0.3) is 0 Å². The molecule has 1 aromatic heterocycles. The van der Waals surface area contributed by atoms with Crippen molar-refractivity contribution < 1.29 is 0 Å². The summed E-state index contributed by atoms with van der Waals surface area (Å²) >= 11 is 0.286. The van der Waals surface area contributed by atoms with Crippen LogP contribution in [0.1, 0.15) is 0 Å². The Morgan fingerprint density at radius 3 is 1.86 bits per heavy atom. The van der Waals surface area contributed by atoms with Gasteiger partial charge in [0.15, 0.2) is 0 Å². The average molecular weight is 601 g/mol. The standard InChI is InChI=1S/C40H27NSe/c1-3-11-28(12-4-1)29-19-22-32(23-20-29)41(38-18-10-9-16-34(38)30-13-5-2-6-14-30)33-24-26-39-37(27-33)36-25-21-31-15-7-8-17-35(31)40(36)42-39/h1-27H. The SMILES string of the molecule is c1ccc(-c2ccc(N(c3ccc4[se]c5c6ccccc6ccc5c4c3)c3ccccc3-c3ccccc3)cc2)cc1. The van der Waals surface area contributed by atoms with Gasteiger partial charge in [-0.25, -0.2) is 0 Å². The second-order valence-electron chi connectivity index (χ2n) is 10.6. The Labute approximate surface area is 251 Å². The van der Waals surface area contributed by atoms with Crippen LogP contribution >= 0.6 is 0 Å². The predicted molar refractivity (Wildman–Crippen MR) is 181 cm³/mol. The molecule has 0 aliphatic carbocycles. The van der Waals surface area contributed by atoms with Crippen LogP contribution in [0, 0.1) is 0 Å². The fraction of sp³-hybridized carbons (Fsp3) is 0. The fourth-order valence-electron chi connectivity index (χ4n) is 6.02. The summed E-state index contributed by atoms with van der Waals surface area (Å²) in [5.74, 6) is 0. The quantitative estimate of drug-likeness (QED) is 0.178. The van der Waals surface area contributed by atoms with Gasteiger partial charge < -0.3 is 0 Å². The molecule has 0 unspecified atom stereocenters. The third-order valence-electron chi connectivity index (χ3n) is 8.07. The molecule has 2 heteroatoms. The van der Waals surface area contributed by atoms with Gasteiger partial charge in [0.05, 0.1) is 0 Å². The molecule has 42 heavy (non-hydrogen) atoms. The molecule has 0 saturated heterocycles. The maximum atomic E-state index is 2.42. The number of hydrogen-bond donors (Lipinski definition) is 0. The zero-order valence-corrected chi connectivity index (χ0v) is 24.7. The topological polar surface area (TPSA) is 3.24 Å². The zero-order chi connectivity index (χ0) is 27.9. The first-order valence-corrected chi connectivity index (χ1v) is 16.0. The summed E-state index contributed by atoms with van der Waals surface area (Å²) in [7, 11) is 0. The van der Waals surface area contributed by atoms with Gasteiger partial charge in [0.2, 0.25) is 0 Å². The van der Waals surface area contributed by atoms with Gasteiger partial charge in [-0.05, 0) is 0 Å². The summed E-state index contributed by atoms with van der Waals surface area (Å²) in [5, 5.41) is 5.44. The molecule has 0 bridgehead atoms. The minimum absolute atomic E-state index is 0.286. The molecule has 8 rings (SSSR count). The second-order valence-corrected chi connectivity index (χ2v) is 12.8. The first-order chi connectivity index (χ1) is 20.8. The van der Waals surface area contributed by atoms with E-state index >= 15 is 0 Å².